The summed E-state index contributed by atoms with van der Waals surface area (Å²) in [5, 5.41) is 30.1. The highest BCUT2D eigenvalue weighted by Crippen LogP contribution is 2.20. The summed E-state index contributed by atoms with van der Waals surface area (Å²) in [6.45, 7) is -1.73. The first-order chi connectivity index (χ1) is 8.46. The third-order valence-corrected chi connectivity index (χ3v) is 3.09. The minimum absolute atomic E-state index is 0.258. The predicted octanol–water partition coefficient (Wildman–Crippen LogP) is 0.548. The fourth-order valence-corrected chi connectivity index (χ4v) is 2.13. The van der Waals surface area contributed by atoms with Crippen LogP contribution in [0.25, 0.3) is 0 Å². The van der Waals surface area contributed by atoms with Crippen molar-refractivity contribution < 1.29 is 20.1 Å². The van der Waals surface area contributed by atoms with Crippen LogP contribution in [-0.4, -0.2) is 46.6 Å². The minimum Gasteiger partial charge on any atom is -0.394 e. The zero-order valence-electron chi connectivity index (χ0n) is 9.36. The van der Waals surface area contributed by atoms with E-state index in [-0.39, 0.29) is 5.56 Å². The predicted molar refractivity (Wildman–Crippen MR) is 70.6 cm³/mol. The molecular formula is C11H13BrClNO4. The molecular weight excluding hydrogens is 325 g/mol. The van der Waals surface area contributed by atoms with Crippen LogP contribution < -0.4 is 5.32 Å². The number of nitrogens with one attached hydrogen (secondary N) is 1. The Balaban J connectivity index is 2.94. The zero-order chi connectivity index (χ0) is 13.8. The van der Waals surface area contributed by atoms with Gasteiger partial charge in [-0.05, 0) is 18.2 Å². The summed E-state index contributed by atoms with van der Waals surface area (Å²) in [5.41, 5.74) is -1.19. The molecule has 0 fully saturated rings. The van der Waals surface area contributed by atoms with E-state index in [1.54, 1.807) is 6.07 Å². The monoisotopic (exact) mass is 337 g/mol. The minimum atomic E-state index is -1.45. The molecule has 4 N–H and O–H groups in total. The fourth-order valence-electron chi connectivity index (χ4n) is 1.27. The van der Waals surface area contributed by atoms with Gasteiger partial charge in [0.1, 0.15) is 5.54 Å². The lowest BCUT2D eigenvalue weighted by Crippen LogP contribution is -2.57. The number of hydrogen-bond acceptors (Lipinski definition) is 4. The second-order valence-electron chi connectivity index (χ2n) is 3.87. The summed E-state index contributed by atoms with van der Waals surface area (Å²) >= 11 is 9.01. The SMILES string of the molecule is O=C(NC(CO)(CO)CO)c1cc(Cl)cc(Br)c1. The van der Waals surface area contributed by atoms with Crippen LogP contribution in [0.2, 0.25) is 5.02 Å². The standard InChI is InChI=1S/C11H13BrClNO4/c12-8-1-7(2-9(13)3-8)10(18)14-11(4-15,5-16)6-17/h1-3,15-17H,4-6H2,(H,14,18). The maximum atomic E-state index is 11.9. The van der Waals surface area contributed by atoms with Gasteiger partial charge in [-0.2, -0.15) is 0 Å². The number of aliphatic hydroxyl groups is 3. The highest BCUT2D eigenvalue weighted by atomic mass is 79.9. The third kappa shape index (κ3) is 3.66. The third-order valence-electron chi connectivity index (χ3n) is 2.41. The quantitative estimate of drug-likeness (QED) is 0.631. The number of aliphatic hydroxyl groups excluding tert-OH is 3. The van der Waals surface area contributed by atoms with Crippen molar-refractivity contribution in [3.63, 3.8) is 0 Å². The van der Waals surface area contributed by atoms with Crippen LogP contribution >= 0.6 is 27.5 Å². The van der Waals surface area contributed by atoms with Crippen LogP contribution in [0, 0.1) is 0 Å². The first-order valence-electron chi connectivity index (χ1n) is 5.07. The van der Waals surface area contributed by atoms with E-state index in [2.05, 4.69) is 21.2 Å². The first-order valence-corrected chi connectivity index (χ1v) is 6.24. The van der Waals surface area contributed by atoms with Crippen LogP contribution in [0.5, 0.6) is 0 Å². The van der Waals surface area contributed by atoms with E-state index in [1.807, 2.05) is 0 Å². The number of benzene rings is 1. The van der Waals surface area contributed by atoms with Crippen molar-refractivity contribution in [1.29, 1.82) is 0 Å². The Bertz CT molecular complexity index is 409. The lowest BCUT2D eigenvalue weighted by molar-refractivity contribution is 0.0375. The number of halogens is 2. The van der Waals surface area contributed by atoms with Gasteiger partial charge in [0.05, 0.1) is 19.8 Å². The lowest BCUT2D eigenvalue weighted by atomic mass is 10.0. The second kappa shape index (κ2) is 6.49. The molecule has 0 radical (unpaired) electrons. The average Bonchev–Trinajstić information content (AvgIpc) is 2.35. The Morgan fingerprint density at radius 3 is 2.22 bits per heavy atom. The summed E-state index contributed by atoms with van der Waals surface area (Å²) in [6, 6.07) is 4.60. The smallest absolute Gasteiger partial charge is 0.252 e. The maximum Gasteiger partial charge on any atom is 0.252 e. The van der Waals surface area contributed by atoms with E-state index < -0.39 is 31.3 Å². The topological polar surface area (TPSA) is 89.8 Å². The Morgan fingerprint density at radius 2 is 1.78 bits per heavy atom. The molecule has 7 heteroatoms. The van der Waals surface area contributed by atoms with Crippen LogP contribution in [0.15, 0.2) is 22.7 Å². The summed E-state index contributed by atoms with van der Waals surface area (Å²) < 4.78 is 0.628. The Hall–Kier alpha value is -0.660. The molecule has 0 atom stereocenters. The molecule has 0 aliphatic heterocycles. The molecule has 0 aromatic heterocycles. The second-order valence-corrected chi connectivity index (χ2v) is 5.22. The molecule has 0 bridgehead atoms. The van der Waals surface area contributed by atoms with Crippen LogP contribution in [-0.2, 0) is 0 Å². The molecule has 100 valence electrons. The number of rotatable bonds is 5. The summed E-state index contributed by atoms with van der Waals surface area (Å²) in [4.78, 5) is 11.9. The molecule has 0 aliphatic rings. The number of amides is 1. The highest BCUT2D eigenvalue weighted by molar-refractivity contribution is 9.10. The van der Waals surface area contributed by atoms with E-state index in [4.69, 9.17) is 26.9 Å². The van der Waals surface area contributed by atoms with Crippen LogP contribution in [0.3, 0.4) is 0 Å². The Kier molecular flexibility index (Phi) is 5.55. The molecule has 0 spiro atoms. The molecule has 18 heavy (non-hydrogen) atoms. The highest BCUT2D eigenvalue weighted by Gasteiger charge is 2.30. The Labute approximate surface area is 118 Å². The largest absolute Gasteiger partial charge is 0.394 e. The summed E-state index contributed by atoms with van der Waals surface area (Å²) in [6.07, 6.45) is 0. The van der Waals surface area contributed by atoms with Crippen molar-refractivity contribution >= 4 is 33.4 Å². The molecule has 0 aliphatic carbocycles. The van der Waals surface area contributed by atoms with Crippen molar-refractivity contribution in [2.24, 2.45) is 0 Å². The van der Waals surface area contributed by atoms with Crippen molar-refractivity contribution in [3.05, 3.63) is 33.3 Å². The average molecular weight is 339 g/mol. The molecule has 0 heterocycles. The van der Waals surface area contributed by atoms with Crippen LogP contribution in [0.4, 0.5) is 0 Å². The van der Waals surface area contributed by atoms with Gasteiger partial charge < -0.3 is 20.6 Å². The molecule has 1 rings (SSSR count). The molecule has 0 unspecified atom stereocenters. The van der Waals surface area contributed by atoms with Gasteiger partial charge in [-0.25, -0.2) is 0 Å². The summed E-state index contributed by atoms with van der Waals surface area (Å²) in [7, 11) is 0. The van der Waals surface area contributed by atoms with E-state index in [0.29, 0.717) is 9.50 Å². The molecule has 0 saturated heterocycles. The number of carbonyl (C=O) groups is 1. The maximum absolute atomic E-state index is 11.9. The van der Waals surface area contributed by atoms with Crippen molar-refractivity contribution in [2.75, 3.05) is 19.8 Å². The molecule has 5 nitrogen and oxygen atoms in total. The van der Waals surface area contributed by atoms with E-state index in [9.17, 15) is 4.79 Å². The fraction of sp³-hybridized carbons (Fsp3) is 0.364. The number of carbonyl (C=O) groups excluding carboxylic acids is 1. The van der Waals surface area contributed by atoms with Crippen molar-refractivity contribution in [3.8, 4) is 0 Å². The molecule has 1 aromatic carbocycles. The van der Waals surface area contributed by atoms with E-state index >= 15 is 0 Å². The van der Waals surface area contributed by atoms with Gasteiger partial charge in [0.25, 0.3) is 5.91 Å². The van der Waals surface area contributed by atoms with Crippen molar-refractivity contribution in [1.82, 2.24) is 5.32 Å². The normalized spacial score (nSPS) is 11.4. The molecule has 0 saturated carbocycles. The lowest BCUT2D eigenvalue weighted by Gasteiger charge is -2.28. The van der Waals surface area contributed by atoms with E-state index in [0.717, 1.165) is 0 Å². The van der Waals surface area contributed by atoms with E-state index in [1.165, 1.54) is 12.1 Å². The van der Waals surface area contributed by atoms with Gasteiger partial charge in [-0.1, -0.05) is 27.5 Å². The molecule has 1 aromatic rings. The Morgan fingerprint density at radius 1 is 1.22 bits per heavy atom. The zero-order valence-corrected chi connectivity index (χ0v) is 11.7. The number of hydrogen-bond donors (Lipinski definition) is 4. The first kappa shape index (κ1) is 15.4. The van der Waals surface area contributed by atoms with Gasteiger partial charge in [0.15, 0.2) is 0 Å². The van der Waals surface area contributed by atoms with Gasteiger partial charge in [0, 0.05) is 15.1 Å². The summed E-state index contributed by atoms with van der Waals surface area (Å²) in [5.74, 6) is -0.546. The van der Waals surface area contributed by atoms with Gasteiger partial charge >= 0.3 is 0 Å². The van der Waals surface area contributed by atoms with Gasteiger partial charge in [0.2, 0.25) is 0 Å². The molecule has 1 amide bonds. The van der Waals surface area contributed by atoms with Gasteiger partial charge in [-0.15, -0.1) is 0 Å². The van der Waals surface area contributed by atoms with Gasteiger partial charge in [-0.3, -0.25) is 4.79 Å². The van der Waals surface area contributed by atoms with Crippen molar-refractivity contribution in [2.45, 2.75) is 5.54 Å². The van der Waals surface area contributed by atoms with Crippen LogP contribution in [0.1, 0.15) is 10.4 Å².